The number of carbonyl (C=O) groups is 2. The van der Waals surface area contributed by atoms with Gasteiger partial charge in [-0.2, -0.15) is 5.26 Å². The summed E-state index contributed by atoms with van der Waals surface area (Å²) in [5.74, 6) is -1.41. The molecule has 0 fully saturated rings. The lowest BCUT2D eigenvalue weighted by Crippen LogP contribution is -2.36. The molecule has 9 heteroatoms. The number of rotatable bonds is 5. The molecule has 31 heavy (non-hydrogen) atoms. The average Bonchev–Trinajstić information content (AvgIpc) is 3.01. The molecule has 0 saturated heterocycles. The zero-order valence-electron chi connectivity index (χ0n) is 18.0. The van der Waals surface area contributed by atoms with Crippen LogP contribution in [-0.4, -0.2) is 28.6 Å². The Bertz CT molecular complexity index is 1270. The molecule has 2 N–H and O–H groups in total. The molecular formula is C22H24N4O4S. The first kappa shape index (κ1) is 23.7. The number of anilines is 2. The lowest BCUT2D eigenvalue weighted by Gasteiger charge is -2.26. The highest BCUT2D eigenvalue weighted by Crippen LogP contribution is 2.24. The van der Waals surface area contributed by atoms with E-state index in [9.17, 15) is 19.5 Å². The van der Waals surface area contributed by atoms with Crippen LogP contribution in [0.15, 0.2) is 35.3 Å². The molecule has 0 saturated carbocycles. The van der Waals surface area contributed by atoms with Gasteiger partial charge >= 0.3 is 5.97 Å². The number of hydrogen-bond acceptors (Lipinski definition) is 6. The van der Waals surface area contributed by atoms with E-state index in [-0.39, 0.29) is 21.6 Å². The van der Waals surface area contributed by atoms with Crippen molar-refractivity contribution in [1.82, 2.24) is 4.57 Å². The number of amides is 1. The van der Waals surface area contributed by atoms with Gasteiger partial charge in [0.1, 0.15) is 15.3 Å². The van der Waals surface area contributed by atoms with Gasteiger partial charge in [0.05, 0.1) is 0 Å². The summed E-state index contributed by atoms with van der Waals surface area (Å²) in [6.07, 6.45) is 1.44. The Hall–Kier alpha value is -3.60. The Balaban J connectivity index is 2.45. The van der Waals surface area contributed by atoms with E-state index in [1.807, 2.05) is 26.8 Å². The first-order valence-corrected chi connectivity index (χ1v) is 10.3. The van der Waals surface area contributed by atoms with E-state index in [1.54, 1.807) is 43.1 Å². The molecule has 0 aliphatic heterocycles. The molecule has 0 bridgehead atoms. The number of carboxylic acids is 1. The van der Waals surface area contributed by atoms with Crippen LogP contribution in [0.5, 0.6) is 0 Å². The number of aromatic nitrogens is 1. The third kappa shape index (κ3) is 5.31. The number of carboxylic acid groups (broad SMARTS) is 1. The number of hydrogen-bond donors (Lipinski definition) is 2. The molecular weight excluding hydrogens is 416 g/mol. The Kier molecular flexibility index (Phi) is 7.24. The average molecular weight is 441 g/mol. The minimum Gasteiger partial charge on any atom is -0.477 e. The van der Waals surface area contributed by atoms with Gasteiger partial charge in [0.25, 0.3) is 5.56 Å². The third-order valence-corrected chi connectivity index (χ3v) is 5.48. The Morgan fingerprint density at radius 1 is 1.35 bits per heavy atom. The number of nitrogens with zero attached hydrogens (tertiary/aromatic N) is 3. The predicted octanol–water partition coefficient (Wildman–Crippen LogP) is 1.70. The molecule has 1 heterocycles. The maximum atomic E-state index is 12.5. The molecule has 0 radical (unpaired) electrons. The summed E-state index contributed by atoms with van der Waals surface area (Å²) in [4.78, 5) is 37.9. The van der Waals surface area contributed by atoms with Crippen LogP contribution in [0.1, 0.15) is 27.7 Å². The van der Waals surface area contributed by atoms with Crippen molar-refractivity contribution < 1.29 is 14.7 Å². The lowest BCUT2D eigenvalue weighted by atomic mass is 9.94. The predicted molar refractivity (Wildman–Crippen MR) is 121 cm³/mol. The molecule has 162 valence electrons. The normalized spacial score (nSPS) is 11.7. The van der Waals surface area contributed by atoms with Crippen LogP contribution in [0.4, 0.5) is 11.4 Å². The molecule has 0 spiro atoms. The number of thiazole rings is 1. The fraction of sp³-hybridized carbons (Fsp3) is 0.318. The van der Waals surface area contributed by atoms with Gasteiger partial charge < -0.3 is 15.3 Å². The van der Waals surface area contributed by atoms with Gasteiger partial charge in [0.2, 0.25) is 5.91 Å². The summed E-state index contributed by atoms with van der Waals surface area (Å²) in [6, 6.07) is 8.84. The first-order valence-electron chi connectivity index (χ1n) is 9.48. The first-order chi connectivity index (χ1) is 14.5. The van der Waals surface area contributed by atoms with Gasteiger partial charge in [-0.15, -0.1) is 11.3 Å². The van der Waals surface area contributed by atoms with Crippen molar-refractivity contribution >= 4 is 45.9 Å². The van der Waals surface area contributed by atoms with Gasteiger partial charge in [-0.3, -0.25) is 14.2 Å². The number of aliphatic carboxylic acids is 1. The second kappa shape index (κ2) is 9.47. The molecule has 0 atom stereocenters. The van der Waals surface area contributed by atoms with Gasteiger partial charge in [0.15, 0.2) is 5.57 Å². The Labute approximate surface area is 183 Å². The summed E-state index contributed by atoms with van der Waals surface area (Å²) in [7, 11) is 1.71. The van der Waals surface area contributed by atoms with Crippen LogP contribution in [0.3, 0.4) is 0 Å². The standard InChI is InChI=1S/C22H24N4O4S/c1-6-26-18(27)17(31-19(26)16(13-23)20(28)29)10-11-24-14-8-7-9-15(12-14)25(5)21(30)22(2,3)4/h7-9,11-12,24H,6H2,1-5H3,(H,28,29)/b19-16-. The van der Waals surface area contributed by atoms with Crippen LogP contribution in [0.25, 0.3) is 11.3 Å². The van der Waals surface area contributed by atoms with Crippen LogP contribution < -0.4 is 25.0 Å². The summed E-state index contributed by atoms with van der Waals surface area (Å²) >= 11 is 0.896. The van der Waals surface area contributed by atoms with Crippen molar-refractivity contribution in [3.05, 3.63) is 50.0 Å². The highest BCUT2D eigenvalue weighted by atomic mass is 32.1. The van der Waals surface area contributed by atoms with E-state index in [1.165, 1.54) is 10.8 Å². The number of benzene rings is 1. The largest absolute Gasteiger partial charge is 0.477 e. The number of nitrogens with one attached hydrogen (secondary N) is 1. The van der Waals surface area contributed by atoms with E-state index >= 15 is 0 Å². The zero-order valence-corrected chi connectivity index (χ0v) is 18.8. The van der Waals surface area contributed by atoms with Crippen molar-refractivity contribution in [3.63, 3.8) is 0 Å². The van der Waals surface area contributed by atoms with Crippen LogP contribution >= 0.6 is 11.3 Å². The molecule has 2 rings (SSSR count). The van der Waals surface area contributed by atoms with Crippen molar-refractivity contribution in [1.29, 1.82) is 5.26 Å². The van der Waals surface area contributed by atoms with Crippen molar-refractivity contribution in [2.45, 2.75) is 34.2 Å². The quantitative estimate of drug-likeness (QED) is 0.731. The maximum absolute atomic E-state index is 12.5. The fourth-order valence-corrected chi connectivity index (χ4v) is 3.84. The van der Waals surface area contributed by atoms with Gasteiger partial charge in [0, 0.05) is 36.6 Å². The summed E-state index contributed by atoms with van der Waals surface area (Å²) in [5, 5.41) is 21.3. The molecule has 1 aromatic carbocycles. The van der Waals surface area contributed by atoms with Crippen molar-refractivity contribution in [2.75, 3.05) is 17.3 Å². The van der Waals surface area contributed by atoms with Gasteiger partial charge in [-0.05, 0) is 25.1 Å². The molecule has 0 aliphatic carbocycles. The van der Waals surface area contributed by atoms with Gasteiger partial charge in [-0.25, -0.2) is 4.79 Å². The highest BCUT2D eigenvalue weighted by molar-refractivity contribution is 7.07. The van der Waals surface area contributed by atoms with E-state index in [4.69, 9.17) is 5.26 Å². The molecule has 0 aliphatic rings. The van der Waals surface area contributed by atoms with E-state index in [0.717, 1.165) is 11.3 Å². The fourth-order valence-electron chi connectivity index (χ4n) is 2.77. The van der Waals surface area contributed by atoms with Crippen molar-refractivity contribution in [3.8, 4) is 6.07 Å². The lowest BCUT2D eigenvalue weighted by molar-refractivity contribution is -0.130. The van der Waals surface area contributed by atoms with Crippen LogP contribution in [0, 0.1) is 16.7 Å². The summed E-state index contributed by atoms with van der Waals surface area (Å²) in [6.45, 7) is 7.48. The molecule has 0 unspecified atom stereocenters. The minimum atomic E-state index is -1.38. The second-order valence-corrected chi connectivity index (χ2v) is 8.67. The van der Waals surface area contributed by atoms with E-state index < -0.39 is 22.5 Å². The van der Waals surface area contributed by atoms with E-state index in [2.05, 4.69) is 11.0 Å². The monoisotopic (exact) mass is 440 g/mol. The molecule has 1 amide bonds. The smallest absolute Gasteiger partial charge is 0.349 e. The molecule has 8 nitrogen and oxygen atoms in total. The third-order valence-electron chi connectivity index (χ3n) is 4.36. The highest BCUT2D eigenvalue weighted by Gasteiger charge is 2.25. The number of nitriles is 1. The molecule has 2 aromatic rings. The van der Waals surface area contributed by atoms with Crippen LogP contribution in [0.2, 0.25) is 0 Å². The minimum absolute atomic E-state index is 0.0269. The Morgan fingerprint density at radius 2 is 2.03 bits per heavy atom. The van der Waals surface area contributed by atoms with Gasteiger partial charge in [-0.1, -0.05) is 32.6 Å². The maximum Gasteiger partial charge on any atom is 0.349 e. The summed E-state index contributed by atoms with van der Waals surface area (Å²) in [5.41, 5.74) is 2.80. The van der Waals surface area contributed by atoms with Crippen molar-refractivity contribution in [2.24, 2.45) is 5.41 Å². The topological polar surface area (TPSA) is 115 Å². The second-order valence-electron chi connectivity index (χ2n) is 7.68. The van der Waals surface area contributed by atoms with Crippen LogP contribution in [-0.2, 0) is 16.1 Å². The number of carbonyl (C=O) groups excluding carboxylic acids is 1. The van der Waals surface area contributed by atoms with E-state index in [0.29, 0.717) is 11.4 Å². The molecule has 1 aromatic heterocycles. The zero-order chi connectivity index (χ0) is 23.3. The SMILES string of the molecule is CCn1c(=O)c(=C=CNc2cccc(N(C)C(=O)C(C)(C)C)c2)s/c1=C(/C#N)C(=O)O. The Morgan fingerprint density at radius 3 is 2.58 bits per heavy atom. The summed E-state index contributed by atoms with van der Waals surface area (Å²) < 4.78 is 1.50.